The molecule has 0 spiro atoms. The Hall–Kier alpha value is -1.58. The predicted octanol–water partition coefficient (Wildman–Crippen LogP) is 3.55. The molecule has 0 aliphatic heterocycles. The van der Waals surface area contributed by atoms with Gasteiger partial charge in [0.05, 0.1) is 6.42 Å². The molecule has 1 aromatic rings. The van der Waals surface area contributed by atoms with Crippen LogP contribution in [0.4, 0.5) is 4.39 Å². The number of aromatic hydroxyl groups is 1. The normalized spacial score (nSPS) is 10.5. The molecule has 20 heavy (non-hydrogen) atoms. The molecule has 1 aromatic carbocycles. The molecule has 0 saturated carbocycles. The van der Waals surface area contributed by atoms with E-state index in [4.69, 9.17) is 5.11 Å². The fourth-order valence-electron chi connectivity index (χ4n) is 2.04. The average molecular weight is 281 g/mol. The monoisotopic (exact) mass is 281 g/mol. The minimum Gasteiger partial charge on any atom is -0.505 e. The van der Waals surface area contributed by atoms with E-state index in [0.29, 0.717) is 12.1 Å². The smallest absolute Gasteiger partial charge is 0.224 e. The van der Waals surface area contributed by atoms with Crippen LogP contribution in [-0.2, 0) is 11.2 Å². The van der Waals surface area contributed by atoms with Crippen LogP contribution in [0.1, 0.15) is 51.0 Å². The quantitative estimate of drug-likeness (QED) is 0.680. The highest BCUT2D eigenvalue weighted by Gasteiger charge is 2.06. The Morgan fingerprint density at radius 2 is 1.90 bits per heavy atom. The molecule has 112 valence electrons. The standard InChI is InChI=1S/C16H24FNO2/c1-2-3-4-5-6-7-10-18-16(20)12-13-8-9-15(19)14(17)11-13/h8-9,11,19H,2-7,10,12H2,1H3,(H,18,20). The summed E-state index contributed by atoms with van der Waals surface area (Å²) in [5, 5.41) is 11.9. The van der Waals surface area contributed by atoms with Crippen LogP contribution in [0.15, 0.2) is 18.2 Å². The third-order valence-electron chi connectivity index (χ3n) is 3.23. The second-order valence-electron chi connectivity index (χ2n) is 5.08. The fraction of sp³-hybridized carbons (Fsp3) is 0.562. The first-order valence-electron chi connectivity index (χ1n) is 7.37. The molecule has 0 fully saturated rings. The number of carbonyl (C=O) groups is 1. The first-order valence-corrected chi connectivity index (χ1v) is 7.37. The van der Waals surface area contributed by atoms with Crippen LogP contribution in [0.3, 0.4) is 0 Å². The Labute approximate surface area is 120 Å². The second kappa shape index (κ2) is 9.34. The van der Waals surface area contributed by atoms with Crippen LogP contribution in [-0.4, -0.2) is 17.6 Å². The van der Waals surface area contributed by atoms with Gasteiger partial charge in [0.2, 0.25) is 5.91 Å². The Kier molecular flexibility index (Phi) is 7.70. The number of amides is 1. The highest BCUT2D eigenvalue weighted by Crippen LogP contribution is 2.16. The van der Waals surface area contributed by atoms with E-state index < -0.39 is 5.82 Å². The first-order chi connectivity index (χ1) is 9.63. The Morgan fingerprint density at radius 3 is 2.60 bits per heavy atom. The summed E-state index contributed by atoms with van der Waals surface area (Å²) >= 11 is 0. The van der Waals surface area contributed by atoms with Gasteiger partial charge >= 0.3 is 0 Å². The van der Waals surface area contributed by atoms with E-state index in [-0.39, 0.29) is 18.1 Å². The maximum Gasteiger partial charge on any atom is 0.224 e. The second-order valence-corrected chi connectivity index (χ2v) is 5.08. The van der Waals surface area contributed by atoms with Crippen molar-refractivity contribution >= 4 is 5.91 Å². The van der Waals surface area contributed by atoms with Crippen molar-refractivity contribution in [2.24, 2.45) is 0 Å². The van der Waals surface area contributed by atoms with Gasteiger partial charge < -0.3 is 10.4 Å². The molecule has 0 aromatic heterocycles. The lowest BCUT2D eigenvalue weighted by Gasteiger charge is -2.06. The van der Waals surface area contributed by atoms with Gasteiger partial charge in [0.15, 0.2) is 11.6 Å². The van der Waals surface area contributed by atoms with E-state index in [1.54, 1.807) is 6.07 Å². The first kappa shape index (κ1) is 16.5. The van der Waals surface area contributed by atoms with Crippen LogP contribution in [0.5, 0.6) is 5.75 Å². The van der Waals surface area contributed by atoms with E-state index in [1.165, 1.54) is 37.8 Å². The molecule has 3 nitrogen and oxygen atoms in total. The van der Waals surface area contributed by atoms with E-state index in [1.807, 2.05) is 0 Å². The Balaban J connectivity index is 2.15. The Morgan fingerprint density at radius 1 is 1.20 bits per heavy atom. The number of hydrogen-bond acceptors (Lipinski definition) is 2. The molecule has 1 amide bonds. The van der Waals surface area contributed by atoms with Gasteiger partial charge in [-0.3, -0.25) is 4.79 Å². The summed E-state index contributed by atoms with van der Waals surface area (Å²) in [7, 11) is 0. The number of benzene rings is 1. The zero-order valence-corrected chi connectivity index (χ0v) is 12.1. The van der Waals surface area contributed by atoms with Crippen molar-refractivity contribution in [3.05, 3.63) is 29.6 Å². The van der Waals surface area contributed by atoms with Crippen molar-refractivity contribution in [2.75, 3.05) is 6.54 Å². The van der Waals surface area contributed by atoms with E-state index in [9.17, 15) is 9.18 Å². The molecule has 0 aliphatic rings. The van der Waals surface area contributed by atoms with Gasteiger partial charge in [0.1, 0.15) is 0 Å². The van der Waals surface area contributed by atoms with Gasteiger partial charge in [-0.15, -0.1) is 0 Å². The summed E-state index contributed by atoms with van der Waals surface area (Å²) in [5.41, 5.74) is 0.570. The van der Waals surface area contributed by atoms with Crippen molar-refractivity contribution in [1.29, 1.82) is 0 Å². The molecule has 0 bridgehead atoms. The molecule has 1 rings (SSSR count). The number of halogens is 1. The highest BCUT2D eigenvalue weighted by atomic mass is 19.1. The lowest BCUT2D eigenvalue weighted by molar-refractivity contribution is -0.120. The van der Waals surface area contributed by atoms with Crippen molar-refractivity contribution in [3.8, 4) is 5.75 Å². The highest BCUT2D eigenvalue weighted by molar-refractivity contribution is 5.78. The number of unbranched alkanes of at least 4 members (excludes halogenated alkanes) is 5. The van der Waals surface area contributed by atoms with Gasteiger partial charge in [-0.1, -0.05) is 45.1 Å². The minimum absolute atomic E-state index is 0.108. The van der Waals surface area contributed by atoms with Crippen molar-refractivity contribution in [1.82, 2.24) is 5.32 Å². The summed E-state index contributed by atoms with van der Waals surface area (Å²) in [4.78, 5) is 11.6. The zero-order valence-electron chi connectivity index (χ0n) is 12.1. The van der Waals surface area contributed by atoms with Crippen molar-refractivity contribution < 1.29 is 14.3 Å². The molecule has 2 N–H and O–H groups in total. The van der Waals surface area contributed by atoms with Gasteiger partial charge in [-0.2, -0.15) is 0 Å². The molecular formula is C16H24FNO2. The molecule has 0 heterocycles. The molecular weight excluding hydrogens is 257 g/mol. The molecule has 0 radical (unpaired) electrons. The predicted molar refractivity (Wildman–Crippen MR) is 78.2 cm³/mol. The molecule has 0 atom stereocenters. The zero-order chi connectivity index (χ0) is 14.8. The van der Waals surface area contributed by atoms with Crippen molar-refractivity contribution in [3.63, 3.8) is 0 Å². The van der Waals surface area contributed by atoms with Gasteiger partial charge in [-0.25, -0.2) is 4.39 Å². The number of hydrogen-bond donors (Lipinski definition) is 2. The summed E-state index contributed by atoms with van der Waals surface area (Å²) in [6.07, 6.45) is 7.25. The van der Waals surface area contributed by atoms with Crippen LogP contribution in [0, 0.1) is 5.82 Å². The number of phenols is 1. The largest absolute Gasteiger partial charge is 0.505 e. The van der Waals surface area contributed by atoms with Crippen LogP contribution in [0.25, 0.3) is 0 Å². The third-order valence-corrected chi connectivity index (χ3v) is 3.23. The van der Waals surface area contributed by atoms with E-state index >= 15 is 0 Å². The average Bonchev–Trinajstić information content (AvgIpc) is 2.42. The third kappa shape index (κ3) is 6.55. The van der Waals surface area contributed by atoms with Crippen LogP contribution >= 0.6 is 0 Å². The summed E-state index contributed by atoms with van der Waals surface area (Å²) < 4.78 is 13.1. The number of carbonyl (C=O) groups excluding carboxylic acids is 1. The summed E-state index contributed by atoms with van der Waals surface area (Å²) in [6.45, 7) is 2.86. The van der Waals surface area contributed by atoms with Crippen molar-refractivity contribution in [2.45, 2.75) is 51.9 Å². The molecule has 0 aliphatic carbocycles. The lowest BCUT2D eigenvalue weighted by Crippen LogP contribution is -2.26. The lowest BCUT2D eigenvalue weighted by atomic mass is 10.1. The van der Waals surface area contributed by atoms with E-state index in [2.05, 4.69) is 12.2 Å². The maximum atomic E-state index is 13.1. The number of nitrogens with one attached hydrogen (secondary N) is 1. The summed E-state index contributed by atoms with van der Waals surface area (Å²) in [5.74, 6) is -1.18. The van der Waals surface area contributed by atoms with Crippen LogP contribution in [0.2, 0.25) is 0 Å². The van der Waals surface area contributed by atoms with Gasteiger partial charge in [0, 0.05) is 6.54 Å². The van der Waals surface area contributed by atoms with Gasteiger partial charge in [0.25, 0.3) is 0 Å². The van der Waals surface area contributed by atoms with Crippen LogP contribution < -0.4 is 5.32 Å². The SMILES string of the molecule is CCCCCCCCNC(=O)Cc1ccc(O)c(F)c1. The molecule has 4 heteroatoms. The number of phenolic OH excluding ortho intramolecular Hbond substituents is 1. The number of rotatable bonds is 9. The topological polar surface area (TPSA) is 49.3 Å². The van der Waals surface area contributed by atoms with E-state index in [0.717, 1.165) is 12.8 Å². The molecule has 0 unspecified atom stereocenters. The fourth-order valence-corrected chi connectivity index (χ4v) is 2.04. The summed E-state index contributed by atoms with van der Waals surface area (Å²) in [6, 6.07) is 4.02. The Bertz CT molecular complexity index is 421. The molecule has 0 saturated heterocycles. The van der Waals surface area contributed by atoms with Gasteiger partial charge in [-0.05, 0) is 24.1 Å². The maximum absolute atomic E-state index is 13.1. The minimum atomic E-state index is -0.689.